The third kappa shape index (κ3) is 7.99. The van der Waals surface area contributed by atoms with Crippen molar-refractivity contribution in [2.75, 3.05) is 38.3 Å². The molecule has 1 saturated heterocycles. The summed E-state index contributed by atoms with van der Waals surface area (Å²) in [5.74, 6) is 1.02. The van der Waals surface area contributed by atoms with E-state index in [1.165, 1.54) is 5.56 Å². The Kier molecular flexibility index (Phi) is 10.2. The Morgan fingerprint density at radius 1 is 1.39 bits per heavy atom. The number of hydrogen-bond donors (Lipinski definition) is 2. The molecule has 1 atom stereocenters. The molecule has 0 bridgehead atoms. The van der Waals surface area contributed by atoms with Crippen molar-refractivity contribution in [3.05, 3.63) is 29.8 Å². The lowest BCUT2D eigenvalue weighted by Crippen LogP contribution is -2.23. The fraction of sp³-hybridized carbons (Fsp3) is 0.588. The van der Waals surface area contributed by atoms with Crippen LogP contribution in [-0.2, 0) is 15.9 Å². The molecule has 0 aliphatic carbocycles. The van der Waals surface area contributed by atoms with Crippen LogP contribution >= 0.6 is 24.0 Å². The summed E-state index contributed by atoms with van der Waals surface area (Å²) in [6.45, 7) is 6.04. The second-order valence-corrected chi connectivity index (χ2v) is 5.60. The van der Waals surface area contributed by atoms with Gasteiger partial charge in [-0.1, -0.05) is 19.1 Å². The van der Waals surface area contributed by atoms with Crippen molar-refractivity contribution in [2.45, 2.75) is 26.2 Å². The van der Waals surface area contributed by atoms with Gasteiger partial charge in [0.05, 0.1) is 13.2 Å². The highest BCUT2D eigenvalue weighted by Crippen LogP contribution is 2.12. The van der Waals surface area contributed by atoms with Crippen molar-refractivity contribution in [3.63, 3.8) is 0 Å². The van der Waals surface area contributed by atoms with E-state index in [1.54, 1.807) is 0 Å². The van der Waals surface area contributed by atoms with Crippen LogP contribution in [0.25, 0.3) is 0 Å². The number of aryl methyl sites for hydroxylation is 1. The molecule has 0 aromatic heterocycles. The lowest BCUT2D eigenvalue weighted by atomic mass is 10.1. The molecular weight excluding hydrogens is 405 g/mol. The molecule has 1 aromatic carbocycles. The van der Waals surface area contributed by atoms with Gasteiger partial charge in [-0.15, -0.1) is 24.0 Å². The molecule has 0 amide bonds. The van der Waals surface area contributed by atoms with Crippen LogP contribution in [0.1, 0.15) is 25.3 Å². The van der Waals surface area contributed by atoms with Crippen molar-refractivity contribution in [2.24, 2.45) is 16.6 Å². The zero-order chi connectivity index (χ0) is 15.6. The smallest absolute Gasteiger partial charge is 0.193 e. The molecule has 1 aliphatic heterocycles. The molecule has 6 heteroatoms. The largest absolute Gasteiger partial charge is 0.381 e. The molecule has 1 unspecified atom stereocenters. The maximum absolute atomic E-state index is 5.87. The predicted octanol–water partition coefficient (Wildman–Crippen LogP) is 3.04. The highest BCUT2D eigenvalue weighted by atomic mass is 127. The first kappa shape index (κ1) is 20.2. The molecule has 0 radical (unpaired) electrons. The molecule has 1 heterocycles. The van der Waals surface area contributed by atoms with Gasteiger partial charge < -0.3 is 20.5 Å². The highest BCUT2D eigenvalue weighted by Gasteiger charge is 2.14. The number of guanidine groups is 1. The molecule has 1 aromatic rings. The summed E-state index contributed by atoms with van der Waals surface area (Å²) < 4.78 is 10.9. The lowest BCUT2D eigenvalue weighted by Gasteiger charge is -2.08. The minimum atomic E-state index is 0. The van der Waals surface area contributed by atoms with Crippen molar-refractivity contribution in [3.8, 4) is 0 Å². The predicted molar refractivity (Wildman–Crippen MR) is 106 cm³/mol. The van der Waals surface area contributed by atoms with E-state index >= 15 is 0 Å². The molecule has 0 saturated carbocycles. The molecule has 2 rings (SSSR count). The van der Waals surface area contributed by atoms with Crippen LogP contribution in [0.15, 0.2) is 29.3 Å². The average Bonchev–Trinajstić information content (AvgIpc) is 3.05. The van der Waals surface area contributed by atoms with Crippen LogP contribution in [-0.4, -0.2) is 38.9 Å². The molecule has 0 spiro atoms. The maximum atomic E-state index is 5.87. The van der Waals surface area contributed by atoms with Gasteiger partial charge in [0.1, 0.15) is 0 Å². The summed E-state index contributed by atoms with van der Waals surface area (Å²) in [6, 6.07) is 8.23. The first-order valence-electron chi connectivity index (χ1n) is 8.09. The van der Waals surface area contributed by atoms with E-state index in [4.69, 9.17) is 15.2 Å². The quantitative estimate of drug-likeness (QED) is 0.286. The number of nitrogens with zero attached hydrogens (tertiary/aromatic N) is 1. The molecular formula is C17H28IN3O2. The van der Waals surface area contributed by atoms with Crippen molar-refractivity contribution >= 4 is 35.6 Å². The number of nitrogens with one attached hydrogen (secondary N) is 1. The fourth-order valence-corrected chi connectivity index (χ4v) is 2.34. The zero-order valence-corrected chi connectivity index (χ0v) is 16.1. The Labute approximate surface area is 156 Å². The summed E-state index contributed by atoms with van der Waals surface area (Å²) >= 11 is 0. The van der Waals surface area contributed by atoms with E-state index in [1.807, 2.05) is 12.1 Å². The zero-order valence-electron chi connectivity index (χ0n) is 13.8. The van der Waals surface area contributed by atoms with Gasteiger partial charge in [0.2, 0.25) is 0 Å². The third-order valence-electron chi connectivity index (χ3n) is 3.74. The van der Waals surface area contributed by atoms with Gasteiger partial charge in [0.25, 0.3) is 0 Å². The number of halogens is 1. The van der Waals surface area contributed by atoms with E-state index in [2.05, 4.69) is 29.4 Å². The molecule has 1 aliphatic rings. The van der Waals surface area contributed by atoms with Crippen LogP contribution in [0.4, 0.5) is 5.69 Å². The Hall–Kier alpha value is -0.860. The highest BCUT2D eigenvalue weighted by molar-refractivity contribution is 14.0. The van der Waals surface area contributed by atoms with Crippen LogP contribution < -0.4 is 11.1 Å². The summed E-state index contributed by atoms with van der Waals surface area (Å²) in [6.07, 6.45) is 3.04. The van der Waals surface area contributed by atoms with Crippen LogP contribution in [0.5, 0.6) is 0 Å². The number of ether oxygens (including phenoxy) is 2. The number of nitrogens with two attached hydrogens (primary N) is 1. The topological polar surface area (TPSA) is 68.9 Å². The van der Waals surface area contributed by atoms with Crippen molar-refractivity contribution < 1.29 is 9.47 Å². The van der Waals surface area contributed by atoms with E-state index in [0.717, 1.165) is 51.4 Å². The van der Waals surface area contributed by atoms with Crippen LogP contribution in [0.3, 0.4) is 0 Å². The Balaban J connectivity index is 0.00000264. The molecule has 5 nitrogen and oxygen atoms in total. The van der Waals surface area contributed by atoms with E-state index in [9.17, 15) is 0 Å². The standard InChI is InChI=1S/C17H27N3O2.HI/c1-2-14-4-6-16(7-5-14)20-17(18)19-9-3-10-21-12-15-8-11-22-13-15;/h4-7,15H,2-3,8-13H2,1H3,(H3,18,19,20);1H. The number of hydrogen-bond acceptors (Lipinski definition) is 3. The Morgan fingerprint density at radius 3 is 2.83 bits per heavy atom. The fourth-order valence-electron chi connectivity index (χ4n) is 2.34. The first-order chi connectivity index (χ1) is 10.8. The number of anilines is 1. The van der Waals surface area contributed by atoms with Gasteiger partial charge in [-0.25, -0.2) is 0 Å². The number of rotatable bonds is 8. The van der Waals surface area contributed by atoms with Gasteiger partial charge in [0, 0.05) is 31.4 Å². The molecule has 1 fully saturated rings. The second kappa shape index (κ2) is 11.6. The monoisotopic (exact) mass is 433 g/mol. The third-order valence-corrected chi connectivity index (χ3v) is 3.74. The normalized spacial score (nSPS) is 17.8. The van der Waals surface area contributed by atoms with Gasteiger partial charge in [0.15, 0.2) is 5.96 Å². The van der Waals surface area contributed by atoms with Crippen molar-refractivity contribution in [1.82, 2.24) is 0 Å². The summed E-state index contributed by atoms with van der Waals surface area (Å²) in [5, 5.41) is 3.10. The summed E-state index contributed by atoms with van der Waals surface area (Å²) in [4.78, 5) is 4.31. The summed E-state index contributed by atoms with van der Waals surface area (Å²) in [5.41, 5.74) is 8.15. The van der Waals surface area contributed by atoms with E-state index < -0.39 is 0 Å². The second-order valence-electron chi connectivity index (χ2n) is 5.60. The van der Waals surface area contributed by atoms with Gasteiger partial charge in [-0.05, 0) is 37.0 Å². The van der Waals surface area contributed by atoms with E-state index in [-0.39, 0.29) is 24.0 Å². The van der Waals surface area contributed by atoms with Crippen LogP contribution in [0.2, 0.25) is 0 Å². The van der Waals surface area contributed by atoms with Crippen molar-refractivity contribution in [1.29, 1.82) is 0 Å². The minimum Gasteiger partial charge on any atom is -0.381 e. The SMILES string of the molecule is CCc1ccc(NC(N)=NCCCOCC2CCOC2)cc1.I. The number of aliphatic imine (C=N–C) groups is 1. The molecule has 3 N–H and O–H groups in total. The Bertz CT molecular complexity index is 459. The first-order valence-corrected chi connectivity index (χ1v) is 8.09. The Morgan fingerprint density at radius 2 is 2.17 bits per heavy atom. The lowest BCUT2D eigenvalue weighted by molar-refractivity contribution is 0.0893. The van der Waals surface area contributed by atoms with Crippen LogP contribution in [0, 0.1) is 5.92 Å². The number of benzene rings is 1. The van der Waals surface area contributed by atoms with Gasteiger partial charge in [-0.3, -0.25) is 4.99 Å². The van der Waals surface area contributed by atoms with E-state index in [0.29, 0.717) is 18.4 Å². The molecule has 130 valence electrons. The maximum Gasteiger partial charge on any atom is 0.193 e. The average molecular weight is 433 g/mol. The minimum absolute atomic E-state index is 0. The van der Waals surface area contributed by atoms with Gasteiger partial charge in [-0.2, -0.15) is 0 Å². The van der Waals surface area contributed by atoms with Gasteiger partial charge >= 0.3 is 0 Å². The molecule has 23 heavy (non-hydrogen) atoms. The summed E-state index contributed by atoms with van der Waals surface area (Å²) in [7, 11) is 0.